The number of halogens is 8. The van der Waals surface area contributed by atoms with Gasteiger partial charge in [-0.15, -0.1) is 0 Å². The van der Waals surface area contributed by atoms with Crippen molar-refractivity contribution in [2.24, 2.45) is 0 Å². The van der Waals surface area contributed by atoms with Gasteiger partial charge in [-0.05, 0) is 41.7 Å². The third-order valence-electron chi connectivity index (χ3n) is 4.40. The molecule has 1 heterocycles. The Balaban J connectivity index is 1.98. The molecule has 0 aliphatic rings. The van der Waals surface area contributed by atoms with Crippen molar-refractivity contribution in [1.82, 2.24) is 4.37 Å². The van der Waals surface area contributed by atoms with Gasteiger partial charge < -0.3 is 9.84 Å². The van der Waals surface area contributed by atoms with E-state index in [0.717, 1.165) is 12.1 Å². The largest absolute Gasteiger partial charge is 0.483 e. The van der Waals surface area contributed by atoms with E-state index in [4.69, 9.17) is 21.4 Å². The van der Waals surface area contributed by atoms with Crippen LogP contribution in [0.15, 0.2) is 24.3 Å². The van der Waals surface area contributed by atoms with Gasteiger partial charge in [-0.3, -0.25) is 4.79 Å². The molecule has 1 N–H and O–H groups in total. The Hall–Kier alpha value is -2.86. The van der Waals surface area contributed by atoms with E-state index in [9.17, 15) is 35.5 Å². The van der Waals surface area contributed by atoms with E-state index in [1.807, 2.05) is 0 Å². The number of hydrogen-bond donors (Lipinski definition) is 1. The highest BCUT2D eigenvalue weighted by Crippen LogP contribution is 2.41. The normalized spacial score (nSPS) is 11.6. The summed E-state index contributed by atoms with van der Waals surface area (Å²) in [5.41, 5.74) is -1.69. The van der Waals surface area contributed by atoms with Crippen LogP contribution in [0.3, 0.4) is 0 Å². The summed E-state index contributed by atoms with van der Waals surface area (Å²) < 4.78 is 106. The summed E-state index contributed by atoms with van der Waals surface area (Å²) in [7, 11) is 0. The van der Waals surface area contributed by atoms with Gasteiger partial charge in [0.1, 0.15) is 17.3 Å². The van der Waals surface area contributed by atoms with E-state index in [0.29, 0.717) is 6.07 Å². The number of benzene rings is 2. The van der Waals surface area contributed by atoms with Gasteiger partial charge in [0.05, 0.1) is 10.7 Å². The maximum Gasteiger partial charge on any atom is 0.427 e. The molecule has 33 heavy (non-hydrogen) atoms. The molecule has 0 bridgehead atoms. The van der Waals surface area contributed by atoms with Crippen LogP contribution in [0.25, 0.3) is 11.3 Å². The van der Waals surface area contributed by atoms with Crippen LogP contribution in [0.5, 0.6) is 5.75 Å². The number of ether oxygens (including phenoxy) is 1. The molecular formula is C20H11ClF7NO3S. The van der Waals surface area contributed by atoms with Crippen LogP contribution < -0.4 is 4.74 Å². The van der Waals surface area contributed by atoms with Crippen molar-refractivity contribution in [3.05, 3.63) is 68.6 Å². The molecule has 0 saturated heterocycles. The summed E-state index contributed by atoms with van der Waals surface area (Å²) in [5.74, 6) is -8.41. The number of alkyl halides is 3. The van der Waals surface area contributed by atoms with Gasteiger partial charge in [-0.1, -0.05) is 17.7 Å². The van der Waals surface area contributed by atoms with Gasteiger partial charge in [0.2, 0.25) is 5.82 Å². The van der Waals surface area contributed by atoms with E-state index in [1.165, 1.54) is 6.07 Å². The predicted octanol–water partition coefficient (Wildman–Crippen LogP) is 6.63. The van der Waals surface area contributed by atoms with Gasteiger partial charge in [0, 0.05) is 17.5 Å². The second-order valence-electron chi connectivity index (χ2n) is 6.62. The lowest BCUT2D eigenvalue weighted by atomic mass is 10.1. The molecule has 3 rings (SSSR count). The molecule has 0 aliphatic heterocycles. The van der Waals surface area contributed by atoms with Gasteiger partial charge in [-0.2, -0.15) is 21.9 Å². The molecule has 0 unspecified atom stereocenters. The molecule has 0 fully saturated rings. The van der Waals surface area contributed by atoms with E-state index >= 15 is 0 Å². The maximum absolute atomic E-state index is 14.3. The minimum Gasteiger partial charge on any atom is -0.483 e. The number of hydrogen-bond acceptors (Lipinski definition) is 4. The Bertz CT molecular complexity index is 1210. The summed E-state index contributed by atoms with van der Waals surface area (Å²) in [6, 6.07) is 3.62. The Morgan fingerprint density at radius 2 is 1.79 bits per heavy atom. The SMILES string of the molecule is O=C(O)CCc1cc(F)c(OCc2c(-c3ccc(Cl)c(F)c3)nsc2C(F)(F)F)c(F)c1F. The molecule has 2 aromatic carbocycles. The molecule has 0 saturated carbocycles. The zero-order chi connectivity index (χ0) is 24.5. The molecule has 176 valence electrons. The third-order valence-corrected chi connectivity index (χ3v) is 5.64. The fraction of sp³-hybridized carbons (Fsp3) is 0.200. The zero-order valence-corrected chi connectivity index (χ0v) is 17.6. The van der Waals surface area contributed by atoms with E-state index in [2.05, 4.69) is 4.37 Å². The summed E-state index contributed by atoms with van der Waals surface area (Å²) >= 11 is 5.60. The van der Waals surface area contributed by atoms with Crippen molar-refractivity contribution in [1.29, 1.82) is 0 Å². The van der Waals surface area contributed by atoms with Crippen molar-refractivity contribution in [2.75, 3.05) is 0 Å². The average Bonchev–Trinajstić information content (AvgIpc) is 3.16. The van der Waals surface area contributed by atoms with Crippen molar-refractivity contribution in [3.8, 4) is 17.0 Å². The summed E-state index contributed by atoms with van der Waals surface area (Å²) in [5, 5.41) is 8.34. The number of rotatable bonds is 7. The summed E-state index contributed by atoms with van der Waals surface area (Å²) in [6.07, 6.45) is -6.04. The van der Waals surface area contributed by atoms with Crippen molar-refractivity contribution < 1.29 is 45.4 Å². The van der Waals surface area contributed by atoms with E-state index in [-0.39, 0.29) is 27.8 Å². The second kappa shape index (κ2) is 9.56. The first-order chi connectivity index (χ1) is 15.4. The highest BCUT2D eigenvalue weighted by Gasteiger charge is 2.38. The fourth-order valence-corrected chi connectivity index (χ4v) is 3.75. The summed E-state index contributed by atoms with van der Waals surface area (Å²) in [6.45, 7) is -1.08. The maximum atomic E-state index is 14.3. The highest BCUT2D eigenvalue weighted by atomic mass is 35.5. The third kappa shape index (κ3) is 5.38. The van der Waals surface area contributed by atoms with Gasteiger partial charge >= 0.3 is 12.1 Å². The van der Waals surface area contributed by atoms with Gasteiger partial charge in [0.25, 0.3) is 0 Å². The molecule has 1 aromatic heterocycles. The van der Waals surface area contributed by atoms with Crippen molar-refractivity contribution >= 4 is 29.1 Å². The first-order valence-electron chi connectivity index (χ1n) is 8.92. The molecule has 0 atom stereocenters. The first-order valence-corrected chi connectivity index (χ1v) is 10.1. The number of carboxylic acids is 1. The number of aliphatic carboxylic acids is 1. The lowest BCUT2D eigenvalue weighted by Gasteiger charge is -2.13. The Labute approximate surface area is 190 Å². The quantitative estimate of drug-likeness (QED) is 0.284. The number of carboxylic acid groups (broad SMARTS) is 1. The second-order valence-corrected chi connectivity index (χ2v) is 7.80. The number of carbonyl (C=O) groups is 1. The molecule has 3 aromatic rings. The van der Waals surface area contributed by atoms with Crippen LogP contribution in [-0.4, -0.2) is 15.4 Å². The lowest BCUT2D eigenvalue weighted by Crippen LogP contribution is -2.10. The molecular weight excluding hydrogens is 503 g/mol. The van der Waals surface area contributed by atoms with Crippen molar-refractivity contribution in [3.63, 3.8) is 0 Å². The highest BCUT2D eigenvalue weighted by molar-refractivity contribution is 7.06. The fourth-order valence-electron chi connectivity index (χ4n) is 2.86. The van der Waals surface area contributed by atoms with Gasteiger partial charge in [-0.25, -0.2) is 13.2 Å². The Kier molecular flexibility index (Phi) is 7.17. The molecule has 13 heteroatoms. The number of nitrogens with zero attached hydrogens (tertiary/aromatic N) is 1. The van der Waals surface area contributed by atoms with Crippen LogP contribution >= 0.6 is 23.1 Å². The molecule has 0 amide bonds. The Morgan fingerprint density at radius 1 is 1.09 bits per heavy atom. The smallest absolute Gasteiger partial charge is 0.427 e. The van der Waals surface area contributed by atoms with E-state index < -0.39 is 76.6 Å². The summed E-state index contributed by atoms with van der Waals surface area (Å²) in [4.78, 5) is 9.34. The van der Waals surface area contributed by atoms with Gasteiger partial charge in [0.15, 0.2) is 17.4 Å². The minimum atomic E-state index is -4.91. The van der Waals surface area contributed by atoms with Crippen LogP contribution in [0.2, 0.25) is 5.02 Å². The van der Waals surface area contributed by atoms with Crippen LogP contribution in [0, 0.1) is 23.3 Å². The van der Waals surface area contributed by atoms with Crippen LogP contribution in [0.1, 0.15) is 22.4 Å². The Morgan fingerprint density at radius 3 is 2.39 bits per heavy atom. The number of aryl methyl sites for hydroxylation is 1. The predicted molar refractivity (Wildman–Crippen MR) is 104 cm³/mol. The lowest BCUT2D eigenvalue weighted by molar-refractivity contribution is -0.137. The molecule has 0 aliphatic carbocycles. The van der Waals surface area contributed by atoms with Crippen molar-refractivity contribution in [2.45, 2.75) is 25.6 Å². The van der Waals surface area contributed by atoms with Crippen LogP contribution in [0.4, 0.5) is 30.7 Å². The topological polar surface area (TPSA) is 59.4 Å². The molecule has 0 radical (unpaired) electrons. The monoisotopic (exact) mass is 513 g/mol. The standard InChI is InChI=1S/C20H11ClF7NO3S/c21-11-3-1-9(6-12(11)22)17-10(19(33-29-17)20(26,27)28)7-32-18-13(23)5-8(2-4-14(30)31)15(24)16(18)25/h1,3,5-6H,2,4,7H2,(H,30,31). The zero-order valence-electron chi connectivity index (χ0n) is 16.1. The van der Waals surface area contributed by atoms with Crippen LogP contribution in [-0.2, 0) is 24.0 Å². The first kappa shape index (κ1) is 24.8. The average molecular weight is 514 g/mol. The van der Waals surface area contributed by atoms with E-state index in [1.54, 1.807) is 0 Å². The number of aromatic nitrogens is 1. The molecule has 4 nitrogen and oxygen atoms in total. The molecule has 0 spiro atoms. The minimum absolute atomic E-state index is 0.0188.